The molecule has 1 atom stereocenters. The van der Waals surface area contributed by atoms with Gasteiger partial charge in [0.2, 0.25) is 0 Å². The second-order valence-electron chi connectivity index (χ2n) is 4.27. The molecule has 0 heterocycles. The van der Waals surface area contributed by atoms with E-state index in [4.69, 9.17) is 9.47 Å². The Morgan fingerprint density at radius 3 is 2.47 bits per heavy atom. The lowest BCUT2D eigenvalue weighted by molar-refractivity contribution is 0.155. The minimum absolute atomic E-state index is 0.353. The van der Waals surface area contributed by atoms with Gasteiger partial charge in [-0.15, -0.1) is 0 Å². The van der Waals surface area contributed by atoms with Gasteiger partial charge >= 0.3 is 0 Å². The molecule has 0 amide bonds. The van der Waals surface area contributed by atoms with Gasteiger partial charge in [-0.1, -0.05) is 0 Å². The monoisotopic (exact) mass is 236 g/mol. The molecule has 0 aliphatic heterocycles. The predicted octanol–water partition coefficient (Wildman–Crippen LogP) is 2.85. The second-order valence-corrected chi connectivity index (χ2v) is 4.27. The predicted molar refractivity (Wildman–Crippen MR) is 66.7 cm³/mol. The minimum atomic E-state index is -0.353. The van der Waals surface area contributed by atoms with Crippen LogP contribution in [-0.2, 0) is 6.42 Å². The van der Waals surface area contributed by atoms with Crippen LogP contribution < -0.4 is 9.47 Å². The van der Waals surface area contributed by atoms with E-state index >= 15 is 0 Å². The smallest absolute Gasteiger partial charge is 0.161 e. The number of hydrogen-bond acceptors (Lipinski definition) is 3. The van der Waals surface area contributed by atoms with E-state index in [0.717, 1.165) is 36.3 Å². The Kier molecular flexibility index (Phi) is 3.89. The van der Waals surface area contributed by atoms with Gasteiger partial charge in [0.25, 0.3) is 0 Å². The zero-order valence-corrected chi connectivity index (χ0v) is 10.5. The van der Waals surface area contributed by atoms with Crippen LogP contribution in [0.4, 0.5) is 0 Å². The molecule has 1 aliphatic rings. The van der Waals surface area contributed by atoms with Crippen LogP contribution in [0.25, 0.3) is 0 Å². The van der Waals surface area contributed by atoms with Crippen molar-refractivity contribution in [1.29, 1.82) is 0 Å². The lowest BCUT2D eigenvalue weighted by Crippen LogP contribution is -2.10. The van der Waals surface area contributed by atoms with E-state index in [1.54, 1.807) is 0 Å². The molecule has 1 unspecified atom stereocenters. The lowest BCUT2D eigenvalue weighted by atomic mass is 9.89. The Bertz CT molecular complexity index is 387. The third-order valence-electron chi connectivity index (χ3n) is 3.09. The van der Waals surface area contributed by atoms with Crippen LogP contribution in [0, 0.1) is 0 Å². The van der Waals surface area contributed by atoms with E-state index in [1.807, 2.05) is 26.0 Å². The van der Waals surface area contributed by atoms with Gasteiger partial charge in [0.1, 0.15) is 0 Å². The fourth-order valence-corrected chi connectivity index (χ4v) is 2.32. The highest BCUT2D eigenvalue weighted by Gasteiger charge is 2.21. The molecule has 1 N–H and O–H groups in total. The summed E-state index contributed by atoms with van der Waals surface area (Å²) in [4.78, 5) is 0. The summed E-state index contributed by atoms with van der Waals surface area (Å²) in [6.45, 7) is 5.14. The standard InChI is InChI=1S/C14H20O3/c1-3-16-13-8-10-6-5-7-12(15)11(10)9-14(13)17-4-2/h8-9,12,15H,3-7H2,1-2H3. The van der Waals surface area contributed by atoms with Crippen molar-refractivity contribution in [1.82, 2.24) is 0 Å². The van der Waals surface area contributed by atoms with Gasteiger partial charge in [-0.25, -0.2) is 0 Å². The number of aliphatic hydroxyl groups is 1. The molecule has 17 heavy (non-hydrogen) atoms. The maximum atomic E-state index is 9.98. The summed E-state index contributed by atoms with van der Waals surface area (Å²) in [5.41, 5.74) is 2.19. The van der Waals surface area contributed by atoms with Gasteiger partial charge in [0.15, 0.2) is 11.5 Å². The van der Waals surface area contributed by atoms with Crippen molar-refractivity contribution in [2.24, 2.45) is 0 Å². The number of fused-ring (bicyclic) bond motifs is 1. The molecule has 3 heteroatoms. The first kappa shape index (κ1) is 12.2. The fourth-order valence-electron chi connectivity index (χ4n) is 2.32. The summed E-state index contributed by atoms with van der Waals surface area (Å²) in [6.07, 6.45) is 2.53. The van der Waals surface area contributed by atoms with Crippen LogP contribution in [0.1, 0.15) is 43.9 Å². The molecule has 3 nitrogen and oxygen atoms in total. The highest BCUT2D eigenvalue weighted by Crippen LogP contribution is 2.38. The third-order valence-corrected chi connectivity index (χ3v) is 3.09. The summed E-state index contributed by atoms with van der Waals surface area (Å²) in [5.74, 6) is 1.54. The summed E-state index contributed by atoms with van der Waals surface area (Å²) in [5, 5.41) is 9.98. The van der Waals surface area contributed by atoms with Crippen LogP contribution >= 0.6 is 0 Å². The Morgan fingerprint density at radius 1 is 1.18 bits per heavy atom. The molecule has 0 saturated heterocycles. The molecule has 0 bridgehead atoms. The Balaban J connectivity index is 2.39. The van der Waals surface area contributed by atoms with Gasteiger partial charge in [-0.2, -0.15) is 0 Å². The zero-order chi connectivity index (χ0) is 12.3. The first-order valence-electron chi connectivity index (χ1n) is 6.36. The topological polar surface area (TPSA) is 38.7 Å². The third kappa shape index (κ3) is 2.55. The van der Waals surface area contributed by atoms with Crippen LogP contribution in [-0.4, -0.2) is 18.3 Å². The minimum Gasteiger partial charge on any atom is -0.490 e. The largest absolute Gasteiger partial charge is 0.490 e. The highest BCUT2D eigenvalue weighted by molar-refractivity contribution is 5.49. The van der Waals surface area contributed by atoms with Crippen LogP contribution in [0.15, 0.2) is 12.1 Å². The number of aryl methyl sites for hydroxylation is 1. The van der Waals surface area contributed by atoms with Gasteiger partial charge in [0, 0.05) is 0 Å². The summed E-state index contributed by atoms with van der Waals surface area (Å²) in [6, 6.07) is 3.96. The van der Waals surface area contributed by atoms with Crippen molar-refractivity contribution in [3.05, 3.63) is 23.3 Å². The number of benzene rings is 1. The molecule has 1 aromatic rings. The maximum Gasteiger partial charge on any atom is 0.161 e. The van der Waals surface area contributed by atoms with Gasteiger partial charge in [-0.3, -0.25) is 0 Å². The van der Waals surface area contributed by atoms with Crippen LogP contribution in [0.3, 0.4) is 0 Å². The zero-order valence-electron chi connectivity index (χ0n) is 10.5. The first-order chi connectivity index (χ1) is 8.26. The van der Waals surface area contributed by atoms with Gasteiger partial charge < -0.3 is 14.6 Å². The molecular formula is C14H20O3. The molecular weight excluding hydrogens is 216 g/mol. The molecule has 1 aromatic carbocycles. The second kappa shape index (κ2) is 5.41. The van der Waals surface area contributed by atoms with E-state index in [-0.39, 0.29) is 6.10 Å². The van der Waals surface area contributed by atoms with E-state index in [2.05, 4.69) is 0 Å². The molecule has 0 spiro atoms. The lowest BCUT2D eigenvalue weighted by Gasteiger charge is -2.23. The van der Waals surface area contributed by atoms with E-state index in [9.17, 15) is 5.11 Å². The number of ether oxygens (including phenoxy) is 2. The molecule has 0 aromatic heterocycles. The van der Waals surface area contributed by atoms with Crippen molar-refractivity contribution in [2.75, 3.05) is 13.2 Å². The summed E-state index contributed by atoms with van der Waals surface area (Å²) in [7, 11) is 0. The quantitative estimate of drug-likeness (QED) is 0.873. The highest BCUT2D eigenvalue weighted by atomic mass is 16.5. The maximum absolute atomic E-state index is 9.98. The van der Waals surface area contributed by atoms with Crippen LogP contribution in [0.2, 0.25) is 0 Å². The molecule has 0 saturated carbocycles. The fraction of sp³-hybridized carbons (Fsp3) is 0.571. The Labute approximate surface area is 102 Å². The summed E-state index contributed by atoms with van der Waals surface area (Å²) < 4.78 is 11.2. The number of rotatable bonds is 4. The van der Waals surface area contributed by atoms with E-state index in [0.29, 0.717) is 13.2 Å². The molecule has 2 rings (SSSR count). The van der Waals surface area contributed by atoms with Gasteiger partial charge in [-0.05, 0) is 56.4 Å². The average Bonchev–Trinajstić information content (AvgIpc) is 2.32. The van der Waals surface area contributed by atoms with Crippen molar-refractivity contribution < 1.29 is 14.6 Å². The molecule has 0 fully saturated rings. The molecule has 0 radical (unpaired) electrons. The van der Waals surface area contributed by atoms with Crippen molar-refractivity contribution in [2.45, 2.75) is 39.2 Å². The number of aliphatic hydroxyl groups excluding tert-OH is 1. The Morgan fingerprint density at radius 2 is 1.82 bits per heavy atom. The van der Waals surface area contributed by atoms with Crippen LogP contribution in [0.5, 0.6) is 11.5 Å². The van der Waals surface area contributed by atoms with Gasteiger partial charge in [0.05, 0.1) is 19.3 Å². The van der Waals surface area contributed by atoms with Crippen molar-refractivity contribution >= 4 is 0 Å². The Hall–Kier alpha value is -1.22. The summed E-state index contributed by atoms with van der Waals surface area (Å²) >= 11 is 0. The average molecular weight is 236 g/mol. The normalized spacial score (nSPS) is 18.6. The SMILES string of the molecule is CCOc1cc2c(cc1OCC)C(O)CCC2. The van der Waals surface area contributed by atoms with Crippen molar-refractivity contribution in [3.63, 3.8) is 0 Å². The van der Waals surface area contributed by atoms with E-state index in [1.165, 1.54) is 5.56 Å². The molecule has 1 aliphatic carbocycles. The molecule has 94 valence electrons. The van der Waals surface area contributed by atoms with E-state index < -0.39 is 0 Å². The number of hydrogen-bond donors (Lipinski definition) is 1. The first-order valence-corrected chi connectivity index (χ1v) is 6.36. The van der Waals surface area contributed by atoms with Crippen molar-refractivity contribution in [3.8, 4) is 11.5 Å².